The van der Waals surface area contributed by atoms with Crippen molar-refractivity contribution in [2.75, 3.05) is 6.61 Å². The fraction of sp³-hybridized carbons (Fsp3) is 0.188. The molecule has 0 saturated carbocycles. The topological polar surface area (TPSA) is 66.8 Å². The zero-order valence-electron chi connectivity index (χ0n) is 11.0. The van der Waals surface area contributed by atoms with Crippen LogP contribution in [-0.2, 0) is 4.79 Å². The first kappa shape index (κ1) is 13.9. The minimum absolute atomic E-state index is 0.0821. The summed E-state index contributed by atoms with van der Waals surface area (Å²) in [5.74, 6) is -0.00364. The Balaban J connectivity index is 2.15. The smallest absolute Gasteiger partial charge is 0.303 e. The maximum Gasteiger partial charge on any atom is 0.303 e. The lowest BCUT2D eigenvalue weighted by molar-refractivity contribution is -0.137. The predicted octanol–water partition coefficient (Wildman–Crippen LogP) is 3.30. The number of carbonyl (C=O) groups is 1. The zero-order chi connectivity index (χ0) is 14.4. The summed E-state index contributed by atoms with van der Waals surface area (Å²) in [4.78, 5) is 10.5. The molecular weight excluding hydrogens is 256 g/mol. The van der Waals surface area contributed by atoms with Crippen LogP contribution in [0.1, 0.15) is 12.8 Å². The molecule has 4 heteroatoms. The van der Waals surface area contributed by atoms with Crippen molar-refractivity contribution in [2.24, 2.45) is 0 Å². The number of phenolic OH excluding ortho intramolecular Hbond substituents is 1. The highest BCUT2D eigenvalue weighted by atomic mass is 16.5. The highest BCUT2D eigenvalue weighted by Gasteiger charge is 2.09. The van der Waals surface area contributed by atoms with Crippen molar-refractivity contribution in [3.63, 3.8) is 0 Å². The van der Waals surface area contributed by atoms with Crippen molar-refractivity contribution in [1.29, 1.82) is 0 Å². The van der Waals surface area contributed by atoms with Gasteiger partial charge in [0.25, 0.3) is 0 Å². The highest BCUT2D eigenvalue weighted by molar-refractivity contribution is 5.75. The average molecular weight is 272 g/mol. The molecular formula is C16H16O4. The van der Waals surface area contributed by atoms with Gasteiger partial charge < -0.3 is 14.9 Å². The molecule has 0 heterocycles. The molecule has 0 aliphatic carbocycles. The third-order valence-electron chi connectivity index (χ3n) is 2.87. The van der Waals surface area contributed by atoms with Gasteiger partial charge in [0.1, 0.15) is 11.5 Å². The number of para-hydroxylation sites is 2. The minimum Gasteiger partial charge on any atom is -0.507 e. The molecule has 104 valence electrons. The normalized spacial score (nSPS) is 10.2. The second-order valence-electron chi connectivity index (χ2n) is 4.36. The lowest BCUT2D eigenvalue weighted by Crippen LogP contribution is -2.02. The van der Waals surface area contributed by atoms with E-state index < -0.39 is 5.97 Å². The van der Waals surface area contributed by atoms with Gasteiger partial charge in [-0.05, 0) is 18.6 Å². The van der Waals surface area contributed by atoms with E-state index in [-0.39, 0.29) is 12.2 Å². The van der Waals surface area contributed by atoms with Gasteiger partial charge in [-0.15, -0.1) is 0 Å². The Bertz CT molecular complexity index is 593. The summed E-state index contributed by atoms with van der Waals surface area (Å²) in [6, 6.07) is 14.4. The van der Waals surface area contributed by atoms with Crippen molar-refractivity contribution in [2.45, 2.75) is 12.8 Å². The van der Waals surface area contributed by atoms with Gasteiger partial charge in [0, 0.05) is 17.5 Å². The van der Waals surface area contributed by atoms with Crippen molar-refractivity contribution in [1.82, 2.24) is 0 Å². The summed E-state index contributed by atoms with van der Waals surface area (Å²) in [7, 11) is 0. The number of phenols is 1. The van der Waals surface area contributed by atoms with Gasteiger partial charge in [-0.1, -0.05) is 36.4 Å². The van der Waals surface area contributed by atoms with Gasteiger partial charge >= 0.3 is 5.97 Å². The zero-order valence-corrected chi connectivity index (χ0v) is 11.0. The molecule has 4 nitrogen and oxygen atoms in total. The number of ether oxygens (including phenoxy) is 1. The molecule has 20 heavy (non-hydrogen) atoms. The van der Waals surface area contributed by atoms with E-state index in [2.05, 4.69) is 0 Å². The van der Waals surface area contributed by atoms with Crippen LogP contribution in [0.25, 0.3) is 11.1 Å². The molecule has 0 saturated heterocycles. The van der Waals surface area contributed by atoms with E-state index in [1.807, 2.05) is 36.4 Å². The average Bonchev–Trinajstić information content (AvgIpc) is 2.44. The van der Waals surface area contributed by atoms with Gasteiger partial charge in [0.05, 0.1) is 6.61 Å². The Hall–Kier alpha value is -2.49. The maximum atomic E-state index is 10.5. The number of aromatic hydroxyl groups is 1. The Morgan fingerprint density at radius 2 is 1.65 bits per heavy atom. The second kappa shape index (κ2) is 6.61. The van der Waals surface area contributed by atoms with E-state index in [0.29, 0.717) is 24.3 Å². The quantitative estimate of drug-likeness (QED) is 0.792. The van der Waals surface area contributed by atoms with Crippen LogP contribution >= 0.6 is 0 Å². The SMILES string of the molecule is O=C(O)CCCOc1ccccc1-c1ccccc1O. The molecule has 2 rings (SSSR count). The first-order valence-electron chi connectivity index (χ1n) is 6.40. The van der Waals surface area contributed by atoms with Crippen LogP contribution in [0.15, 0.2) is 48.5 Å². The summed E-state index contributed by atoms with van der Waals surface area (Å²) >= 11 is 0. The fourth-order valence-electron chi connectivity index (χ4n) is 1.92. The first-order chi connectivity index (χ1) is 9.68. The number of rotatable bonds is 6. The van der Waals surface area contributed by atoms with Crippen LogP contribution in [0.2, 0.25) is 0 Å². The summed E-state index contributed by atoms with van der Waals surface area (Å²) in [5, 5.41) is 18.5. The van der Waals surface area contributed by atoms with Gasteiger partial charge in [-0.25, -0.2) is 0 Å². The molecule has 0 amide bonds. The predicted molar refractivity (Wildman–Crippen MR) is 75.9 cm³/mol. The third-order valence-corrected chi connectivity index (χ3v) is 2.87. The lowest BCUT2D eigenvalue weighted by atomic mass is 10.0. The van der Waals surface area contributed by atoms with Crippen LogP contribution < -0.4 is 4.74 Å². The third kappa shape index (κ3) is 3.51. The summed E-state index contributed by atoms with van der Waals surface area (Å²) in [5.41, 5.74) is 1.49. The molecule has 0 fully saturated rings. The van der Waals surface area contributed by atoms with E-state index in [9.17, 15) is 9.90 Å². The van der Waals surface area contributed by atoms with E-state index in [0.717, 1.165) is 5.56 Å². The molecule has 0 aliphatic rings. The molecule has 0 aromatic heterocycles. The Kier molecular flexibility index (Phi) is 4.60. The van der Waals surface area contributed by atoms with Gasteiger partial charge in [-0.3, -0.25) is 4.79 Å². The number of carboxylic acid groups (broad SMARTS) is 1. The minimum atomic E-state index is -0.831. The fourth-order valence-corrected chi connectivity index (χ4v) is 1.92. The lowest BCUT2D eigenvalue weighted by Gasteiger charge is -2.12. The molecule has 0 unspecified atom stereocenters. The molecule has 0 bridgehead atoms. The largest absolute Gasteiger partial charge is 0.507 e. The summed E-state index contributed by atoms with van der Waals surface area (Å²) < 4.78 is 5.62. The standard InChI is InChI=1S/C16H16O4/c17-14-8-3-1-6-12(14)13-7-2-4-9-15(13)20-11-5-10-16(18)19/h1-4,6-9,17H,5,10-11H2,(H,18,19). The number of hydrogen-bond acceptors (Lipinski definition) is 3. The van der Waals surface area contributed by atoms with Gasteiger partial charge in [0.2, 0.25) is 0 Å². The van der Waals surface area contributed by atoms with Crippen LogP contribution in [0.5, 0.6) is 11.5 Å². The van der Waals surface area contributed by atoms with Crippen LogP contribution in [-0.4, -0.2) is 22.8 Å². The van der Waals surface area contributed by atoms with E-state index in [1.165, 1.54) is 0 Å². The Labute approximate surface area is 117 Å². The summed E-state index contributed by atoms with van der Waals surface area (Å²) in [6.07, 6.45) is 0.531. The Morgan fingerprint density at radius 1 is 1.00 bits per heavy atom. The van der Waals surface area contributed by atoms with Crippen LogP contribution in [0.3, 0.4) is 0 Å². The highest BCUT2D eigenvalue weighted by Crippen LogP contribution is 2.35. The molecule has 2 N–H and O–H groups in total. The molecule has 2 aromatic carbocycles. The van der Waals surface area contributed by atoms with Crippen LogP contribution in [0.4, 0.5) is 0 Å². The molecule has 0 radical (unpaired) electrons. The maximum absolute atomic E-state index is 10.5. The number of hydrogen-bond donors (Lipinski definition) is 2. The van der Waals surface area contributed by atoms with Crippen molar-refractivity contribution < 1.29 is 19.7 Å². The van der Waals surface area contributed by atoms with Gasteiger partial charge in [-0.2, -0.15) is 0 Å². The molecule has 2 aromatic rings. The number of benzene rings is 2. The molecule has 0 atom stereocenters. The van der Waals surface area contributed by atoms with Crippen molar-refractivity contribution in [3.05, 3.63) is 48.5 Å². The Morgan fingerprint density at radius 3 is 2.35 bits per heavy atom. The van der Waals surface area contributed by atoms with Crippen molar-refractivity contribution in [3.8, 4) is 22.6 Å². The number of aliphatic carboxylic acids is 1. The van der Waals surface area contributed by atoms with E-state index in [1.54, 1.807) is 12.1 Å². The van der Waals surface area contributed by atoms with Crippen LogP contribution in [0, 0.1) is 0 Å². The van der Waals surface area contributed by atoms with E-state index >= 15 is 0 Å². The summed E-state index contributed by atoms with van der Waals surface area (Å²) in [6.45, 7) is 0.330. The first-order valence-corrected chi connectivity index (χ1v) is 6.40. The number of carboxylic acids is 1. The van der Waals surface area contributed by atoms with Gasteiger partial charge in [0.15, 0.2) is 0 Å². The second-order valence-corrected chi connectivity index (χ2v) is 4.36. The van der Waals surface area contributed by atoms with E-state index in [4.69, 9.17) is 9.84 Å². The monoisotopic (exact) mass is 272 g/mol. The van der Waals surface area contributed by atoms with Crippen molar-refractivity contribution >= 4 is 5.97 Å². The molecule has 0 aliphatic heterocycles. The molecule has 0 spiro atoms.